The van der Waals surface area contributed by atoms with Gasteiger partial charge in [0.2, 0.25) is 0 Å². The van der Waals surface area contributed by atoms with Gasteiger partial charge in [0.25, 0.3) is 0 Å². The van der Waals surface area contributed by atoms with E-state index < -0.39 is 0 Å². The van der Waals surface area contributed by atoms with Crippen LogP contribution >= 0.6 is 0 Å². The van der Waals surface area contributed by atoms with Crippen molar-refractivity contribution >= 4 is 16.7 Å². The van der Waals surface area contributed by atoms with Crippen molar-refractivity contribution in [3.63, 3.8) is 0 Å². The number of imidazole rings is 1. The van der Waals surface area contributed by atoms with E-state index in [1.807, 2.05) is 6.07 Å². The standard InChI is InChI=1S/C27H31N5/c28-15-6-16-32-26-10-5-4-9-25(26)29-27(32)23-13-11-22(12-14-23)21-30-17-19-31(20-18-30)24-7-2-1-3-8-24/h1-5,7-14H,6,15-21,28H2. The van der Waals surface area contributed by atoms with Crippen LogP contribution in [0.2, 0.25) is 0 Å². The van der Waals surface area contributed by atoms with Crippen molar-refractivity contribution in [1.82, 2.24) is 14.5 Å². The molecule has 32 heavy (non-hydrogen) atoms. The molecule has 0 radical (unpaired) electrons. The van der Waals surface area contributed by atoms with Crippen molar-refractivity contribution in [2.24, 2.45) is 5.73 Å². The lowest BCUT2D eigenvalue weighted by Crippen LogP contribution is -2.45. The summed E-state index contributed by atoms with van der Waals surface area (Å²) in [5.41, 5.74) is 11.8. The van der Waals surface area contributed by atoms with Crippen molar-refractivity contribution in [2.75, 3.05) is 37.6 Å². The molecule has 1 saturated heterocycles. The number of nitrogens with zero attached hydrogens (tertiary/aromatic N) is 4. The Bertz CT molecular complexity index is 1140. The van der Waals surface area contributed by atoms with Crippen LogP contribution in [0.4, 0.5) is 5.69 Å². The van der Waals surface area contributed by atoms with Crippen molar-refractivity contribution < 1.29 is 0 Å². The van der Waals surface area contributed by atoms with E-state index in [1.54, 1.807) is 0 Å². The first-order valence-corrected chi connectivity index (χ1v) is 11.6. The van der Waals surface area contributed by atoms with Crippen LogP contribution in [0, 0.1) is 0 Å². The van der Waals surface area contributed by atoms with Gasteiger partial charge in [-0.3, -0.25) is 4.90 Å². The zero-order valence-corrected chi connectivity index (χ0v) is 18.5. The maximum atomic E-state index is 5.79. The van der Waals surface area contributed by atoms with Crippen LogP contribution in [0.15, 0.2) is 78.9 Å². The quantitative estimate of drug-likeness (QED) is 0.478. The van der Waals surface area contributed by atoms with Gasteiger partial charge in [0, 0.05) is 50.5 Å². The Morgan fingerprint density at radius 3 is 2.25 bits per heavy atom. The number of aryl methyl sites for hydroxylation is 1. The molecule has 5 nitrogen and oxygen atoms in total. The monoisotopic (exact) mass is 425 g/mol. The number of aromatic nitrogens is 2. The molecule has 1 aliphatic rings. The minimum absolute atomic E-state index is 0.683. The van der Waals surface area contributed by atoms with E-state index in [-0.39, 0.29) is 0 Å². The molecule has 1 fully saturated rings. The fourth-order valence-corrected chi connectivity index (χ4v) is 4.59. The largest absolute Gasteiger partial charge is 0.369 e. The molecule has 1 aromatic heterocycles. The average Bonchev–Trinajstić information content (AvgIpc) is 3.23. The highest BCUT2D eigenvalue weighted by atomic mass is 15.3. The second kappa shape index (κ2) is 9.55. The molecule has 0 atom stereocenters. The second-order valence-corrected chi connectivity index (χ2v) is 8.51. The van der Waals surface area contributed by atoms with E-state index in [4.69, 9.17) is 10.7 Å². The number of fused-ring (bicyclic) bond motifs is 1. The highest BCUT2D eigenvalue weighted by Gasteiger charge is 2.17. The van der Waals surface area contributed by atoms with Crippen molar-refractivity contribution in [3.8, 4) is 11.4 Å². The molecule has 4 aromatic rings. The highest BCUT2D eigenvalue weighted by Crippen LogP contribution is 2.26. The van der Waals surface area contributed by atoms with Crippen LogP contribution in [-0.4, -0.2) is 47.2 Å². The van der Waals surface area contributed by atoms with Gasteiger partial charge >= 0.3 is 0 Å². The molecule has 0 aliphatic carbocycles. The fourth-order valence-electron chi connectivity index (χ4n) is 4.59. The number of para-hydroxylation sites is 3. The van der Waals surface area contributed by atoms with Gasteiger partial charge in [-0.05, 0) is 42.8 Å². The average molecular weight is 426 g/mol. The zero-order chi connectivity index (χ0) is 21.8. The van der Waals surface area contributed by atoms with Crippen LogP contribution in [0.1, 0.15) is 12.0 Å². The Hall–Kier alpha value is -3.15. The molecule has 2 heterocycles. The van der Waals surface area contributed by atoms with Crippen molar-refractivity contribution in [1.29, 1.82) is 0 Å². The maximum Gasteiger partial charge on any atom is 0.141 e. The lowest BCUT2D eigenvalue weighted by Gasteiger charge is -2.36. The van der Waals surface area contributed by atoms with Crippen LogP contribution < -0.4 is 10.6 Å². The van der Waals surface area contributed by atoms with Gasteiger partial charge in [-0.1, -0.05) is 54.6 Å². The molecule has 164 valence electrons. The molecule has 3 aromatic carbocycles. The summed E-state index contributed by atoms with van der Waals surface area (Å²) < 4.78 is 2.31. The maximum absolute atomic E-state index is 5.79. The van der Waals surface area contributed by atoms with Gasteiger partial charge < -0.3 is 15.2 Å². The second-order valence-electron chi connectivity index (χ2n) is 8.51. The van der Waals surface area contributed by atoms with Gasteiger partial charge in [0.1, 0.15) is 5.82 Å². The fraction of sp³-hybridized carbons (Fsp3) is 0.296. The Balaban J connectivity index is 1.27. The third-order valence-electron chi connectivity index (χ3n) is 6.35. The lowest BCUT2D eigenvalue weighted by atomic mass is 10.1. The highest BCUT2D eigenvalue weighted by molar-refractivity contribution is 5.80. The van der Waals surface area contributed by atoms with Crippen LogP contribution in [-0.2, 0) is 13.1 Å². The molecule has 1 aliphatic heterocycles. The van der Waals surface area contributed by atoms with Crippen LogP contribution in [0.5, 0.6) is 0 Å². The molecule has 0 unspecified atom stereocenters. The van der Waals surface area contributed by atoms with Crippen molar-refractivity contribution in [2.45, 2.75) is 19.5 Å². The van der Waals surface area contributed by atoms with Crippen LogP contribution in [0.25, 0.3) is 22.4 Å². The SMILES string of the molecule is NCCCn1c(-c2ccc(CN3CCN(c4ccccc4)CC3)cc2)nc2ccccc21. The molecular weight excluding hydrogens is 394 g/mol. The summed E-state index contributed by atoms with van der Waals surface area (Å²) >= 11 is 0. The predicted molar refractivity (Wildman–Crippen MR) is 133 cm³/mol. The minimum Gasteiger partial charge on any atom is -0.369 e. The number of hydrogen-bond donors (Lipinski definition) is 1. The Kier molecular flexibility index (Phi) is 6.19. The minimum atomic E-state index is 0.683. The summed E-state index contributed by atoms with van der Waals surface area (Å²) in [5, 5.41) is 0. The summed E-state index contributed by atoms with van der Waals surface area (Å²) in [6.07, 6.45) is 0.945. The van der Waals surface area contributed by atoms with E-state index in [1.165, 1.54) is 16.8 Å². The zero-order valence-electron chi connectivity index (χ0n) is 18.5. The summed E-state index contributed by atoms with van der Waals surface area (Å²) in [6, 6.07) is 28.0. The number of piperazine rings is 1. The molecule has 0 spiro atoms. The van der Waals surface area contributed by atoms with E-state index in [0.717, 1.165) is 62.6 Å². The molecular formula is C27H31N5. The molecule has 0 bridgehead atoms. The predicted octanol–water partition coefficient (Wildman–Crippen LogP) is 4.37. The molecule has 0 amide bonds. The van der Waals surface area contributed by atoms with Crippen LogP contribution in [0.3, 0.4) is 0 Å². The van der Waals surface area contributed by atoms with Gasteiger partial charge in [0.15, 0.2) is 0 Å². The van der Waals surface area contributed by atoms with E-state index >= 15 is 0 Å². The topological polar surface area (TPSA) is 50.3 Å². The first-order chi connectivity index (χ1) is 15.8. The number of rotatable bonds is 7. The first kappa shape index (κ1) is 20.7. The summed E-state index contributed by atoms with van der Waals surface area (Å²) in [4.78, 5) is 9.95. The van der Waals surface area contributed by atoms with E-state index in [0.29, 0.717) is 6.54 Å². The number of benzene rings is 3. The molecule has 5 heteroatoms. The Morgan fingerprint density at radius 1 is 0.781 bits per heavy atom. The molecule has 0 saturated carbocycles. The van der Waals surface area contributed by atoms with Crippen molar-refractivity contribution in [3.05, 3.63) is 84.4 Å². The Labute approximate surface area is 190 Å². The number of anilines is 1. The summed E-state index contributed by atoms with van der Waals surface area (Å²) in [6.45, 7) is 6.90. The van der Waals surface area contributed by atoms with Gasteiger partial charge in [0.05, 0.1) is 11.0 Å². The third-order valence-corrected chi connectivity index (χ3v) is 6.35. The summed E-state index contributed by atoms with van der Waals surface area (Å²) in [7, 11) is 0. The summed E-state index contributed by atoms with van der Waals surface area (Å²) in [5.74, 6) is 1.03. The smallest absolute Gasteiger partial charge is 0.141 e. The molecule has 2 N–H and O–H groups in total. The van der Waals surface area contributed by atoms with Gasteiger partial charge in [-0.25, -0.2) is 4.98 Å². The van der Waals surface area contributed by atoms with Gasteiger partial charge in [-0.2, -0.15) is 0 Å². The van der Waals surface area contributed by atoms with E-state index in [2.05, 4.69) is 87.2 Å². The Morgan fingerprint density at radius 2 is 1.50 bits per heavy atom. The molecule has 5 rings (SSSR count). The first-order valence-electron chi connectivity index (χ1n) is 11.6. The normalized spacial score (nSPS) is 14.8. The number of nitrogens with two attached hydrogens (primary N) is 1. The number of hydrogen-bond acceptors (Lipinski definition) is 4. The van der Waals surface area contributed by atoms with Gasteiger partial charge in [-0.15, -0.1) is 0 Å². The lowest BCUT2D eigenvalue weighted by molar-refractivity contribution is 0.250. The van der Waals surface area contributed by atoms with E-state index in [9.17, 15) is 0 Å². The third kappa shape index (κ3) is 4.40.